The lowest BCUT2D eigenvalue weighted by atomic mass is 10.1. The van der Waals surface area contributed by atoms with E-state index in [1.54, 1.807) is 29.3 Å². The fourth-order valence-corrected chi connectivity index (χ4v) is 2.46. The van der Waals surface area contributed by atoms with Crippen LogP contribution in [0.15, 0.2) is 24.8 Å². The summed E-state index contributed by atoms with van der Waals surface area (Å²) in [6.45, 7) is 3.05. The first-order valence-electron chi connectivity index (χ1n) is 7.22. The fourth-order valence-electron chi connectivity index (χ4n) is 2.46. The molecule has 0 spiro atoms. The quantitative estimate of drug-likeness (QED) is 0.770. The van der Waals surface area contributed by atoms with Crippen LogP contribution in [0.3, 0.4) is 0 Å². The van der Waals surface area contributed by atoms with Gasteiger partial charge in [0, 0.05) is 18.9 Å². The van der Waals surface area contributed by atoms with Gasteiger partial charge in [0.2, 0.25) is 0 Å². The zero-order chi connectivity index (χ0) is 14.5. The molecule has 0 aromatic carbocycles. The van der Waals surface area contributed by atoms with E-state index in [4.69, 9.17) is 4.74 Å². The lowest BCUT2D eigenvalue weighted by molar-refractivity contribution is 0.0343. The molecule has 1 aliphatic rings. The summed E-state index contributed by atoms with van der Waals surface area (Å²) in [6.07, 6.45) is 8.92. The van der Waals surface area contributed by atoms with Gasteiger partial charge in [0.1, 0.15) is 0 Å². The van der Waals surface area contributed by atoms with Crippen molar-refractivity contribution in [1.82, 2.24) is 25.2 Å². The molecule has 3 heterocycles. The molecule has 1 aliphatic heterocycles. The minimum Gasteiger partial charge on any atom is -0.376 e. The second kappa shape index (κ2) is 6.64. The van der Waals surface area contributed by atoms with Gasteiger partial charge in [0.25, 0.3) is 5.91 Å². The molecule has 1 fully saturated rings. The molecule has 112 valence electrons. The molecule has 0 aliphatic carbocycles. The van der Waals surface area contributed by atoms with E-state index in [1.807, 2.05) is 0 Å². The predicted molar refractivity (Wildman–Crippen MR) is 77.2 cm³/mol. The third-order valence-electron chi connectivity index (χ3n) is 3.60. The Morgan fingerprint density at radius 2 is 2.29 bits per heavy atom. The van der Waals surface area contributed by atoms with Gasteiger partial charge in [-0.2, -0.15) is 5.10 Å². The molecule has 0 radical (unpaired) electrons. The standard InChI is InChI=1S/C14H19N5O2/c20-14(12-9-18-19-7-5-16-10-13(12)19)17-6-8-21-11-1-3-15-4-2-11/h5,7,9-11,15H,1-4,6,8H2,(H,17,20). The smallest absolute Gasteiger partial charge is 0.255 e. The second-order valence-corrected chi connectivity index (χ2v) is 5.04. The first-order valence-corrected chi connectivity index (χ1v) is 7.22. The molecule has 21 heavy (non-hydrogen) atoms. The minimum absolute atomic E-state index is 0.146. The number of fused-ring (bicyclic) bond motifs is 1. The highest BCUT2D eigenvalue weighted by molar-refractivity contribution is 6.00. The van der Waals surface area contributed by atoms with Crippen molar-refractivity contribution in [2.24, 2.45) is 0 Å². The minimum atomic E-state index is -0.146. The van der Waals surface area contributed by atoms with E-state index in [9.17, 15) is 4.79 Å². The SMILES string of the molecule is O=C(NCCOC1CCNCC1)c1cnn2ccncc12. The van der Waals surface area contributed by atoms with E-state index in [0.29, 0.717) is 30.3 Å². The number of carbonyl (C=O) groups is 1. The van der Waals surface area contributed by atoms with E-state index < -0.39 is 0 Å². The first-order chi connectivity index (χ1) is 10.3. The Hall–Kier alpha value is -1.99. The van der Waals surface area contributed by atoms with Crippen LogP contribution in [0.25, 0.3) is 5.52 Å². The van der Waals surface area contributed by atoms with Crippen molar-refractivity contribution < 1.29 is 9.53 Å². The van der Waals surface area contributed by atoms with Crippen LogP contribution in [0, 0.1) is 0 Å². The average molecular weight is 289 g/mol. The molecule has 3 rings (SSSR count). The van der Waals surface area contributed by atoms with Crippen LogP contribution in [-0.2, 0) is 4.74 Å². The summed E-state index contributed by atoms with van der Waals surface area (Å²) in [7, 11) is 0. The Bertz CT molecular complexity index is 606. The van der Waals surface area contributed by atoms with Gasteiger partial charge in [-0.15, -0.1) is 0 Å². The molecule has 0 unspecified atom stereocenters. The van der Waals surface area contributed by atoms with Gasteiger partial charge in [-0.3, -0.25) is 9.78 Å². The zero-order valence-electron chi connectivity index (χ0n) is 11.8. The lowest BCUT2D eigenvalue weighted by Gasteiger charge is -2.22. The number of nitrogens with one attached hydrogen (secondary N) is 2. The highest BCUT2D eigenvalue weighted by Gasteiger charge is 2.14. The molecule has 0 saturated carbocycles. The van der Waals surface area contributed by atoms with Gasteiger partial charge in [0.15, 0.2) is 0 Å². The summed E-state index contributed by atoms with van der Waals surface area (Å²) in [5, 5.41) is 10.3. The third kappa shape index (κ3) is 3.37. The number of amides is 1. The second-order valence-electron chi connectivity index (χ2n) is 5.04. The largest absolute Gasteiger partial charge is 0.376 e. The van der Waals surface area contributed by atoms with E-state index in [0.717, 1.165) is 25.9 Å². The van der Waals surface area contributed by atoms with Crippen LogP contribution in [0.2, 0.25) is 0 Å². The highest BCUT2D eigenvalue weighted by Crippen LogP contribution is 2.08. The van der Waals surface area contributed by atoms with Crippen molar-refractivity contribution in [2.45, 2.75) is 18.9 Å². The number of carbonyl (C=O) groups excluding carboxylic acids is 1. The molecule has 1 saturated heterocycles. The summed E-state index contributed by atoms with van der Waals surface area (Å²) in [5.74, 6) is -0.146. The van der Waals surface area contributed by atoms with Crippen molar-refractivity contribution in [3.63, 3.8) is 0 Å². The van der Waals surface area contributed by atoms with Crippen LogP contribution in [0.5, 0.6) is 0 Å². The molecule has 2 aromatic rings. The van der Waals surface area contributed by atoms with Crippen molar-refractivity contribution in [1.29, 1.82) is 0 Å². The average Bonchev–Trinajstić information content (AvgIpc) is 2.96. The van der Waals surface area contributed by atoms with Crippen molar-refractivity contribution in [3.8, 4) is 0 Å². The molecule has 1 amide bonds. The number of ether oxygens (including phenoxy) is 1. The Morgan fingerprint density at radius 1 is 1.43 bits per heavy atom. The Balaban J connectivity index is 1.48. The molecule has 7 nitrogen and oxygen atoms in total. The van der Waals surface area contributed by atoms with Gasteiger partial charge in [-0.25, -0.2) is 4.52 Å². The van der Waals surface area contributed by atoms with Crippen molar-refractivity contribution in [3.05, 3.63) is 30.4 Å². The van der Waals surface area contributed by atoms with Crippen LogP contribution < -0.4 is 10.6 Å². The Morgan fingerprint density at radius 3 is 3.14 bits per heavy atom. The molecular weight excluding hydrogens is 270 g/mol. The fraction of sp³-hybridized carbons (Fsp3) is 0.500. The molecule has 7 heteroatoms. The Kier molecular flexibility index (Phi) is 4.42. The Labute approximate surface area is 122 Å². The van der Waals surface area contributed by atoms with E-state index >= 15 is 0 Å². The number of nitrogens with zero attached hydrogens (tertiary/aromatic N) is 3. The summed E-state index contributed by atoms with van der Waals surface area (Å²) < 4.78 is 7.38. The normalized spacial score (nSPS) is 16.2. The summed E-state index contributed by atoms with van der Waals surface area (Å²) in [6, 6.07) is 0. The van der Waals surface area contributed by atoms with Gasteiger partial charge in [-0.05, 0) is 25.9 Å². The van der Waals surface area contributed by atoms with Crippen LogP contribution in [-0.4, -0.2) is 52.9 Å². The number of piperidine rings is 1. The molecule has 0 atom stereocenters. The predicted octanol–water partition coefficient (Wildman–Crippen LogP) is 0.228. The summed E-state index contributed by atoms with van der Waals surface area (Å²) >= 11 is 0. The van der Waals surface area contributed by atoms with Gasteiger partial charge in [0.05, 0.1) is 36.2 Å². The molecule has 2 aromatic heterocycles. The van der Waals surface area contributed by atoms with E-state index in [2.05, 4.69) is 20.7 Å². The van der Waals surface area contributed by atoms with Crippen LogP contribution in [0.1, 0.15) is 23.2 Å². The number of hydrogen-bond donors (Lipinski definition) is 2. The maximum Gasteiger partial charge on any atom is 0.255 e. The van der Waals surface area contributed by atoms with Crippen LogP contribution >= 0.6 is 0 Å². The van der Waals surface area contributed by atoms with Crippen molar-refractivity contribution >= 4 is 11.4 Å². The highest BCUT2D eigenvalue weighted by atomic mass is 16.5. The van der Waals surface area contributed by atoms with Gasteiger partial charge < -0.3 is 15.4 Å². The van der Waals surface area contributed by atoms with E-state index in [1.165, 1.54) is 0 Å². The zero-order valence-corrected chi connectivity index (χ0v) is 11.8. The van der Waals surface area contributed by atoms with E-state index in [-0.39, 0.29) is 5.91 Å². The molecule has 2 N–H and O–H groups in total. The number of hydrogen-bond acceptors (Lipinski definition) is 5. The van der Waals surface area contributed by atoms with Gasteiger partial charge >= 0.3 is 0 Å². The number of rotatable bonds is 5. The molecular formula is C14H19N5O2. The number of aromatic nitrogens is 3. The monoisotopic (exact) mass is 289 g/mol. The summed E-state index contributed by atoms with van der Waals surface area (Å²) in [5.41, 5.74) is 1.24. The lowest BCUT2D eigenvalue weighted by Crippen LogP contribution is -2.34. The summed E-state index contributed by atoms with van der Waals surface area (Å²) in [4.78, 5) is 16.1. The van der Waals surface area contributed by atoms with Crippen LogP contribution in [0.4, 0.5) is 0 Å². The third-order valence-corrected chi connectivity index (χ3v) is 3.60. The van der Waals surface area contributed by atoms with Gasteiger partial charge in [-0.1, -0.05) is 0 Å². The molecule has 0 bridgehead atoms. The maximum atomic E-state index is 12.1. The maximum absolute atomic E-state index is 12.1. The topological polar surface area (TPSA) is 80.5 Å². The van der Waals surface area contributed by atoms with Crippen molar-refractivity contribution in [2.75, 3.05) is 26.2 Å². The first kappa shape index (κ1) is 14.0.